The monoisotopic (exact) mass is 326 g/mol. The Morgan fingerprint density at radius 2 is 1.87 bits per heavy atom. The van der Waals surface area contributed by atoms with Crippen LogP contribution in [0, 0.1) is 0 Å². The zero-order chi connectivity index (χ0) is 16.2. The van der Waals surface area contributed by atoms with Crippen LogP contribution in [0.1, 0.15) is 0 Å². The van der Waals surface area contributed by atoms with E-state index in [1.54, 1.807) is 30.7 Å². The molecule has 0 bridgehead atoms. The maximum atomic E-state index is 11.7. The molecule has 0 radical (unpaired) electrons. The number of aromatic nitrogens is 1. The molecule has 2 aromatic carbocycles. The molecular weight excluding hydrogens is 312 g/mol. The quantitative estimate of drug-likeness (QED) is 0.766. The third kappa shape index (κ3) is 3.32. The van der Waals surface area contributed by atoms with Gasteiger partial charge < -0.3 is 15.2 Å². The van der Waals surface area contributed by atoms with Crippen LogP contribution in [0.5, 0.6) is 11.5 Å². The second kappa shape index (κ2) is 6.50. The van der Waals surface area contributed by atoms with Crippen LogP contribution in [0.4, 0.5) is 10.8 Å². The molecule has 1 aromatic heterocycles. The summed E-state index contributed by atoms with van der Waals surface area (Å²) < 4.78 is 5.12. The van der Waals surface area contributed by atoms with Gasteiger partial charge in [-0.1, -0.05) is 12.1 Å². The van der Waals surface area contributed by atoms with Crippen LogP contribution in [-0.2, 0) is 0 Å². The number of aromatic hydroxyl groups is 1. The summed E-state index contributed by atoms with van der Waals surface area (Å²) in [5.74, 6) is 0.483. The first kappa shape index (κ1) is 15.1. The smallest absolute Gasteiger partial charge is 0.220 e. The van der Waals surface area contributed by atoms with Crippen LogP contribution >= 0.6 is 11.3 Å². The standard InChI is InChI=1S/C17H14N2O3S/c1-22-12-8-6-11(7-9-12)18-17-19-14(10-23-17)13-4-2-3-5-15(20)16(13)21/h2-10H,1H3,(H,18,19)(H,20,21). The van der Waals surface area contributed by atoms with E-state index in [4.69, 9.17) is 4.74 Å². The normalized spacial score (nSPS) is 10.3. The number of thiazole rings is 1. The molecule has 0 saturated carbocycles. The number of methoxy groups -OCH3 is 1. The Kier molecular flexibility index (Phi) is 4.25. The molecule has 0 aliphatic heterocycles. The van der Waals surface area contributed by atoms with Gasteiger partial charge in [0.05, 0.1) is 12.8 Å². The van der Waals surface area contributed by atoms with Crippen molar-refractivity contribution in [3.8, 4) is 22.8 Å². The molecule has 3 aromatic rings. The average molecular weight is 326 g/mol. The van der Waals surface area contributed by atoms with Crippen LogP contribution in [0.3, 0.4) is 0 Å². The highest BCUT2D eigenvalue weighted by molar-refractivity contribution is 7.14. The maximum absolute atomic E-state index is 11.7. The summed E-state index contributed by atoms with van der Waals surface area (Å²) in [5, 5.41) is 15.6. The van der Waals surface area contributed by atoms with E-state index in [1.807, 2.05) is 24.3 Å². The van der Waals surface area contributed by atoms with Crippen LogP contribution in [-0.4, -0.2) is 17.2 Å². The number of hydrogen-bond donors (Lipinski definition) is 2. The number of ether oxygens (including phenoxy) is 1. The lowest BCUT2D eigenvalue weighted by Crippen LogP contribution is -1.95. The van der Waals surface area contributed by atoms with Crippen molar-refractivity contribution in [1.29, 1.82) is 0 Å². The number of rotatable bonds is 4. The number of hydrogen-bond acceptors (Lipinski definition) is 6. The van der Waals surface area contributed by atoms with Crippen LogP contribution < -0.4 is 15.5 Å². The third-order valence-electron chi connectivity index (χ3n) is 3.23. The van der Waals surface area contributed by atoms with Gasteiger partial charge >= 0.3 is 0 Å². The van der Waals surface area contributed by atoms with Gasteiger partial charge in [-0.3, -0.25) is 4.79 Å². The molecular formula is C17H14N2O3S. The molecule has 0 aliphatic rings. The lowest BCUT2D eigenvalue weighted by Gasteiger charge is -2.04. The second-order valence-corrected chi connectivity index (χ2v) is 5.59. The summed E-state index contributed by atoms with van der Waals surface area (Å²) in [6.45, 7) is 0. The van der Waals surface area contributed by atoms with Crippen molar-refractivity contribution in [2.24, 2.45) is 0 Å². The predicted octanol–water partition coefficient (Wildman–Crippen LogP) is 3.63. The predicted molar refractivity (Wildman–Crippen MR) is 91.8 cm³/mol. The van der Waals surface area contributed by atoms with E-state index < -0.39 is 5.43 Å². The summed E-state index contributed by atoms with van der Waals surface area (Å²) >= 11 is 1.39. The Labute approximate surface area is 136 Å². The van der Waals surface area contributed by atoms with Gasteiger partial charge in [-0.15, -0.1) is 11.3 Å². The van der Waals surface area contributed by atoms with Crippen molar-refractivity contribution >= 4 is 22.2 Å². The van der Waals surface area contributed by atoms with Crippen molar-refractivity contribution in [2.45, 2.75) is 0 Å². The lowest BCUT2D eigenvalue weighted by atomic mass is 10.2. The molecule has 0 unspecified atom stereocenters. The molecule has 5 nitrogen and oxygen atoms in total. The zero-order valence-electron chi connectivity index (χ0n) is 12.3. The number of anilines is 2. The van der Waals surface area contributed by atoms with Gasteiger partial charge in [0.15, 0.2) is 10.9 Å². The summed E-state index contributed by atoms with van der Waals surface area (Å²) in [7, 11) is 1.62. The Hall–Kier alpha value is -2.86. The van der Waals surface area contributed by atoms with Gasteiger partial charge in [-0.2, -0.15) is 0 Å². The summed E-state index contributed by atoms with van der Waals surface area (Å²) in [4.78, 5) is 16.1. The van der Waals surface area contributed by atoms with Gasteiger partial charge in [0.25, 0.3) is 0 Å². The van der Waals surface area contributed by atoms with Crippen LogP contribution in [0.25, 0.3) is 11.3 Å². The molecule has 1 heterocycles. The van der Waals surface area contributed by atoms with Gasteiger partial charge in [0.1, 0.15) is 5.75 Å². The summed E-state index contributed by atoms with van der Waals surface area (Å²) in [6, 6.07) is 13.8. The molecule has 116 valence electrons. The molecule has 6 heteroatoms. The molecule has 0 amide bonds. The molecule has 23 heavy (non-hydrogen) atoms. The number of nitrogens with zero attached hydrogens (tertiary/aromatic N) is 1. The highest BCUT2D eigenvalue weighted by Crippen LogP contribution is 2.30. The Bertz CT molecular complexity index is 876. The highest BCUT2D eigenvalue weighted by atomic mass is 32.1. The van der Waals surface area contributed by atoms with E-state index in [0.29, 0.717) is 16.4 Å². The molecule has 0 saturated heterocycles. The highest BCUT2D eigenvalue weighted by Gasteiger charge is 2.10. The summed E-state index contributed by atoms with van der Waals surface area (Å²) in [5.41, 5.74) is 1.41. The molecule has 0 fully saturated rings. The number of benzene rings is 1. The lowest BCUT2D eigenvalue weighted by molar-refractivity contribution is 0.415. The fourth-order valence-electron chi connectivity index (χ4n) is 2.04. The Balaban J connectivity index is 1.87. The van der Waals surface area contributed by atoms with E-state index in [-0.39, 0.29) is 5.75 Å². The van der Waals surface area contributed by atoms with Crippen LogP contribution in [0.2, 0.25) is 0 Å². The summed E-state index contributed by atoms with van der Waals surface area (Å²) in [6.07, 6.45) is 0. The van der Waals surface area contributed by atoms with E-state index in [1.165, 1.54) is 17.4 Å². The fraction of sp³-hybridized carbons (Fsp3) is 0.0588. The first-order valence-corrected chi connectivity index (χ1v) is 7.74. The second-order valence-electron chi connectivity index (χ2n) is 4.74. The first-order valence-electron chi connectivity index (χ1n) is 6.86. The Morgan fingerprint density at radius 1 is 1.13 bits per heavy atom. The van der Waals surface area contributed by atoms with Gasteiger partial charge in [-0.25, -0.2) is 4.98 Å². The van der Waals surface area contributed by atoms with E-state index in [0.717, 1.165) is 11.4 Å². The van der Waals surface area contributed by atoms with Crippen molar-refractivity contribution < 1.29 is 9.84 Å². The zero-order valence-corrected chi connectivity index (χ0v) is 13.1. The molecule has 0 atom stereocenters. The topological polar surface area (TPSA) is 71.5 Å². The number of nitrogens with one attached hydrogen (secondary N) is 1. The SMILES string of the molecule is COc1ccc(Nc2nc(-c3ccccc(=O)c3O)cs2)cc1. The molecule has 3 rings (SSSR count). The van der Waals surface area contributed by atoms with E-state index >= 15 is 0 Å². The van der Waals surface area contributed by atoms with Crippen molar-refractivity contribution in [1.82, 2.24) is 4.98 Å². The largest absolute Gasteiger partial charge is 0.504 e. The van der Waals surface area contributed by atoms with Crippen molar-refractivity contribution in [2.75, 3.05) is 12.4 Å². The first-order chi connectivity index (χ1) is 11.2. The average Bonchev–Trinajstić information content (AvgIpc) is 2.96. The fourth-order valence-corrected chi connectivity index (χ4v) is 2.78. The van der Waals surface area contributed by atoms with Crippen LogP contribution in [0.15, 0.2) is 58.7 Å². The maximum Gasteiger partial charge on any atom is 0.220 e. The minimum Gasteiger partial charge on any atom is -0.504 e. The minimum absolute atomic E-state index is 0.295. The molecule has 2 N–H and O–H groups in total. The molecule has 0 spiro atoms. The van der Waals surface area contributed by atoms with Crippen molar-refractivity contribution in [3.05, 3.63) is 64.1 Å². The van der Waals surface area contributed by atoms with Gasteiger partial charge in [-0.05, 0) is 36.4 Å². The van der Waals surface area contributed by atoms with E-state index in [9.17, 15) is 9.90 Å². The van der Waals surface area contributed by atoms with E-state index in [2.05, 4.69) is 10.3 Å². The molecule has 0 aliphatic carbocycles. The Morgan fingerprint density at radius 3 is 2.61 bits per heavy atom. The minimum atomic E-state index is -0.428. The third-order valence-corrected chi connectivity index (χ3v) is 3.99. The van der Waals surface area contributed by atoms with Gasteiger partial charge in [0, 0.05) is 16.6 Å². The van der Waals surface area contributed by atoms with Crippen molar-refractivity contribution in [3.63, 3.8) is 0 Å². The van der Waals surface area contributed by atoms with Gasteiger partial charge in [0.2, 0.25) is 5.43 Å².